The van der Waals surface area contributed by atoms with Crippen molar-refractivity contribution in [1.29, 1.82) is 5.26 Å². The third kappa shape index (κ3) is 2.08. The second-order valence-electron chi connectivity index (χ2n) is 3.50. The van der Waals surface area contributed by atoms with E-state index < -0.39 is 11.9 Å². The van der Waals surface area contributed by atoms with Crippen molar-refractivity contribution in [2.45, 2.75) is 12.6 Å². The molecule has 17 heavy (non-hydrogen) atoms. The molecule has 2 nitrogen and oxygen atoms in total. The van der Waals surface area contributed by atoms with Gasteiger partial charge in [0.15, 0.2) is 0 Å². The Balaban J connectivity index is 2.75. The number of alkyl halides is 3. The van der Waals surface area contributed by atoms with Gasteiger partial charge in [0.25, 0.3) is 0 Å². The van der Waals surface area contributed by atoms with Crippen LogP contribution in [-0.4, -0.2) is 4.98 Å². The van der Waals surface area contributed by atoms with Crippen molar-refractivity contribution < 1.29 is 13.2 Å². The Kier molecular flexibility index (Phi) is 2.76. The zero-order chi connectivity index (χ0) is 12.6. The second-order valence-corrected chi connectivity index (χ2v) is 3.94. The van der Waals surface area contributed by atoms with Gasteiger partial charge >= 0.3 is 6.18 Å². The van der Waals surface area contributed by atoms with Gasteiger partial charge < -0.3 is 4.98 Å². The molecule has 0 amide bonds. The Morgan fingerprint density at radius 1 is 1.35 bits per heavy atom. The first-order valence-electron chi connectivity index (χ1n) is 4.67. The van der Waals surface area contributed by atoms with Crippen LogP contribution in [0.4, 0.5) is 13.2 Å². The van der Waals surface area contributed by atoms with Gasteiger partial charge in [-0.3, -0.25) is 0 Å². The molecule has 0 saturated carbocycles. The summed E-state index contributed by atoms with van der Waals surface area (Å²) in [5.74, 6) is 0. The summed E-state index contributed by atoms with van der Waals surface area (Å²) in [5, 5.41) is 9.31. The lowest BCUT2D eigenvalue weighted by Gasteiger charge is -2.05. The monoisotopic (exact) mass is 258 g/mol. The molecule has 2 aromatic rings. The zero-order valence-electron chi connectivity index (χ0n) is 8.40. The number of hydrogen-bond acceptors (Lipinski definition) is 1. The highest BCUT2D eigenvalue weighted by Crippen LogP contribution is 2.36. The molecular weight excluding hydrogens is 253 g/mol. The van der Waals surface area contributed by atoms with Gasteiger partial charge in [-0.15, -0.1) is 0 Å². The molecule has 1 N–H and O–H groups in total. The van der Waals surface area contributed by atoms with Crippen LogP contribution in [0.2, 0.25) is 5.02 Å². The Labute approximate surface area is 99.6 Å². The van der Waals surface area contributed by atoms with E-state index in [0.717, 1.165) is 0 Å². The maximum absolute atomic E-state index is 12.7. The molecule has 1 heterocycles. The number of aromatic amines is 1. The standard InChI is InChI=1S/C11H6ClF3N2/c12-6-1-2-7-8(3-4-16)10(11(13,14)15)17-9(7)5-6/h1-2,5,17H,3H2. The summed E-state index contributed by atoms with van der Waals surface area (Å²) in [6, 6.07) is 6.13. The van der Waals surface area contributed by atoms with Crippen LogP contribution in [0.1, 0.15) is 11.3 Å². The Morgan fingerprint density at radius 2 is 2.06 bits per heavy atom. The quantitative estimate of drug-likeness (QED) is 0.828. The van der Waals surface area contributed by atoms with Crippen LogP contribution in [0.3, 0.4) is 0 Å². The molecule has 1 aromatic heterocycles. The summed E-state index contributed by atoms with van der Waals surface area (Å²) in [7, 11) is 0. The molecule has 0 aliphatic carbocycles. The van der Waals surface area contributed by atoms with E-state index >= 15 is 0 Å². The van der Waals surface area contributed by atoms with E-state index in [0.29, 0.717) is 10.4 Å². The van der Waals surface area contributed by atoms with Gasteiger partial charge in [-0.25, -0.2) is 0 Å². The summed E-state index contributed by atoms with van der Waals surface area (Å²) < 4.78 is 38.2. The first-order valence-corrected chi connectivity index (χ1v) is 5.05. The number of H-pyrrole nitrogens is 1. The number of fused-ring (bicyclic) bond motifs is 1. The average Bonchev–Trinajstić information content (AvgIpc) is 2.56. The second kappa shape index (κ2) is 3.97. The van der Waals surface area contributed by atoms with Crippen molar-refractivity contribution in [3.05, 3.63) is 34.5 Å². The Morgan fingerprint density at radius 3 is 2.65 bits per heavy atom. The lowest BCUT2D eigenvalue weighted by atomic mass is 10.1. The molecule has 2 rings (SSSR count). The van der Waals surface area contributed by atoms with E-state index in [9.17, 15) is 13.2 Å². The van der Waals surface area contributed by atoms with Gasteiger partial charge in [-0.2, -0.15) is 18.4 Å². The van der Waals surface area contributed by atoms with E-state index in [1.807, 2.05) is 0 Å². The van der Waals surface area contributed by atoms with Crippen molar-refractivity contribution in [1.82, 2.24) is 4.98 Å². The number of nitrogens with zero attached hydrogens (tertiary/aromatic N) is 1. The molecule has 88 valence electrons. The summed E-state index contributed by atoms with van der Waals surface area (Å²) in [6.07, 6.45) is -4.80. The SMILES string of the molecule is N#CCc1c(C(F)(F)F)[nH]c2cc(Cl)ccc12. The van der Waals surface area contributed by atoms with Crippen LogP contribution in [0, 0.1) is 11.3 Å². The van der Waals surface area contributed by atoms with Crippen molar-refractivity contribution in [3.8, 4) is 6.07 Å². The number of nitrogens with one attached hydrogen (secondary N) is 1. The largest absolute Gasteiger partial charge is 0.431 e. The summed E-state index contributed by atoms with van der Waals surface area (Å²) >= 11 is 5.71. The van der Waals surface area contributed by atoms with E-state index in [4.69, 9.17) is 16.9 Å². The number of hydrogen-bond donors (Lipinski definition) is 1. The van der Waals surface area contributed by atoms with Crippen LogP contribution in [-0.2, 0) is 12.6 Å². The lowest BCUT2D eigenvalue weighted by Crippen LogP contribution is -2.08. The minimum atomic E-state index is -4.50. The molecule has 0 bridgehead atoms. The number of benzene rings is 1. The van der Waals surface area contributed by atoms with Crippen LogP contribution < -0.4 is 0 Å². The number of halogens is 4. The molecular formula is C11H6ClF3N2. The molecule has 0 atom stereocenters. The summed E-state index contributed by atoms with van der Waals surface area (Å²) in [6.45, 7) is 0. The van der Waals surface area contributed by atoms with E-state index in [1.54, 1.807) is 6.07 Å². The van der Waals surface area contributed by atoms with E-state index in [1.165, 1.54) is 18.2 Å². The predicted molar refractivity (Wildman–Crippen MR) is 57.6 cm³/mol. The maximum Gasteiger partial charge on any atom is 0.431 e. The van der Waals surface area contributed by atoms with Crippen LogP contribution in [0.15, 0.2) is 18.2 Å². The molecule has 0 aliphatic rings. The van der Waals surface area contributed by atoms with Crippen LogP contribution >= 0.6 is 11.6 Å². The number of rotatable bonds is 1. The lowest BCUT2D eigenvalue weighted by molar-refractivity contribution is -0.141. The minimum Gasteiger partial charge on any atom is -0.351 e. The van der Waals surface area contributed by atoms with Gasteiger partial charge in [-0.1, -0.05) is 17.7 Å². The molecule has 0 fully saturated rings. The smallest absolute Gasteiger partial charge is 0.351 e. The van der Waals surface area contributed by atoms with Crippen molar-refractivity contribution >= 4 is 22.5 Å². The molecule has 0 aliphatic heterocycles. The number of nitriles is 1. The Hall–Kier alpha value is -1.67. The summed E-state index contributed by atoms with van der Waals surface area (Å²) in [4.78, 5) is 2.27. The third-order valence-corrected chi connectivity index (χ3v) is 2.64. The first kappa shape index (κ1) is 11.8. The highest BCUT2D eigenvalue weighted by Gasteiger charge is 2.36. The maximum atomic E-state index is 12.7. The fourth-order valence-electron chi connectivity index (χ4n) is 1.73. The third-order valence-electron chi connectivity index (χ3n) is 2.41. The average molecular weight is 259 g/mol. The highest BCUT2D eigenvalue weighted by molar-refractivity contribution is 6.31. The van der Waals surface area contributed by atoms with Gasteiger partial charge in [-0.05, 0) is 12.1 Å². The molecule has 6 heteroatoms. The highest BCUT2D eigenvalue weighted by atomic mass is 35.5. The molecule has 0 saturated heterocycles. The first-order chi connectivity index (χ1) is 7.93. The predicted octanol–water partition coefficient (Wildman–Crippen LogP) is 3.91. The minimum absolute atomic E-state index is 0.0355. The van der Waals surface area contributed by atoms with E-state index in [2.05, 4.69) is 4.98 Å². The van der Waals surface area contributed by atoms with Gasteiger partial charge in [0, 0.05) is 21.5 Å². The van der Waals surface area contributed by atoms with Gasteiger partial charge in [0.05, 0.1) is 12.5 Å². The van der Waals surface area contributed by atoms with Crippen molar-refractivity contribution in [2.75, 3.05) is 0 Å². The molecule has 0 unspecified atom stereocenters. The van der Waals surface area contributed by atoms with Gasteiger partial charge in [0.2, 0.25) is 0 Å². The van der Waals surface area contributed by atoms with Crippen LogP contribution in [0.5, 0.6) is 0 Å². The topological polar surface area (TPSA) is 39.6 Å². The fraction of sp³-hybridized carbons (Fsp3) is 0.182. The summed E-state index contributed by atoms with van der Waals surface area (Å²) in [5.41, 5.74) is -0.627. The van der Waals surface area contributed by atoms with Gasteiger partial charge in [0.1, 0.15) is 5.69 Å². The normalized spacial score (nSPS) is 11.7. The van der Waals surface area contributed by atoms with Crippen molar-refractivity contribution in [3.63, 3.8) is 0 Å². The fourth-order valence-corrected chi connectivity index (χ4v) is 1.90. The zero-order valence-corrected chi connectivity index (χ0v) is 9.15. The molecule has 1 aromatic carbocycles. The van der Waals surface area contributed by atoms with E-state index in [-0.39, 0.29) is 17.5 Å². The molecule has 0 spiro atoms. The Bertz CT molecular complexity index is 607. The van der Waals surface area contributed by atoms with Crippen LogP contribution in [0.25, 0.3) is 10.9 Å². The van der Waals surface area contributed by atoms with Crippen molar-refractivity contribution in [2.24, 2.45) is 0 Å². The number of aromatic nitrogens is 1. The molecule has 0 radical (unpaired) electrons.